The Kier molecular flexibility index (Phi) is 4.91. The summed E-state index contributed by atoms with van der Waals surface area (Å²) in [6.07, 6.45) is 6.47. The van der Waals surface area contributed by atoms with Gasteiger partial charge in [-0.3, -0.25) is 9.59 Å². The molecule has 2 aromatic rings. The maximum Gasteiger partial charge on any atom is 0.251 e. The van der Waals surface area contributed by atoms with Gasteiger partial charge in [0, 0.05) is 55.4 Å². The van der Waals surface area contributed by atoms with Crippen LogP contribution in [0.15, 0.2) is 30.5 Å². The molecule has 2 aliphatic rings. The molecule has 4 rings (SSSR count). The van der Waals surface area contributed by atoms with Crippen LogP contribution < -0.4 is 5.32 Å². The summed E-state index contributed by atoms with van der Waals surface area (Å²) in [7, 11) is 1.66. The molecule has 27 heavy (non-hydrogen) atoms. The van der Waals surface area contributed by atoms with E-state index in [1.165, 1.54) is 0 Å². The van der Waals surface area contributed by atoms with Crippen molar-refractivity contribution in [3.8, 4) is 0 Å². The molecule has 6 heteroatoms. The Morgan fingerprint density at radius 2 is 2.26 bits per heavy atom. The summed E-state index contributed by atoms with van der Waals surface area (Å²) in [6, 6.07) is 7.92. The maximum atomic E-state index is 12.7. The average Bonchev–Trinajstić information content (AvgIpc) is 3.32. The molecule has 144 valence electrons. The second kappa shape index (κ2) is 7.35. The number of fused-ring (bicyclic) bond motifs is 2. The van der Waals surface area contributed by atoms with Crippen molar-refractivity contribution in [3.05, 3.63) is 36.0 Å². The van der Waals surface area contributed by atoms with E-state index in [1.807, 2.05) is 35.4 Å². The van der Waals surface area contributed by atoms with Crippen LogP contribution in [0.2, 0.25) is 0 Å². The van der Waals surface area contributed by atoms with Crippen molar-refractivity contribution in [2.24, 2.45) is 5.41 Å². The molecule has 1 aliphatic carbocycles. The topological polar surface area (TPSA) is 74.4 Å². The van der Waals surface area contributed by atoms with E-state index in [4.69, 9.17) is 4.74 Å². The van der Waals surface area contributed by atoms with Crippen LogP contribution in [0.1, 0.15) is 42.5 Å². The van der Waals surface area contributed by atoms with Crippen molar-refractivity contribution >= 4 is 22.7 Å². The van der Waals surface area contributed by atoms with E-state index >= 15 is 0 Å². The van der Waals surface area contributed by atoms with Crippen LogP contribution in [0.5, 0.6) is 0 Å². The molecule has 2 amide bonds. The number of nitrogens with zero attached hydrogens (tertiary/aromatic N) is 1. The third-order valence-electron chi connectivity index (χ3n) is 6.35. The fraction of sp³-hybridized carbons (Fsp3) is 0.524. The van der Waals surface area contributed by atoms with Gasteiger partial charge in [0.1, 0.15) is 0 Å². The number of methoxy groups -OCH3 is 1. The second-order valence-corrected chi connectivity index (χ2v) is 7.81. The number of rotatable bonds is 6. The first-order valence-corrected chi connectivity index (χ1v) is 9.77. The highest BCUT2D eigenvalue weighted by atomic mass is 16.5. The van der Waals surface area contributed by atoms with Crippen LogP contribution in [0.25, 0.3) is 10.9 Å². The fourth-order valence-electron chi connectivity index (χ4n) is 4.88. The number of carbonyl (C=O) groups excluding carboxylic acids is 2. The quantitative estimate of drug-likeness (QED) is 0.822. The Morgan fingerprint density at radius 1 is 1.37 bits per heavy atom. The molecule has 6 nitrogen and oxygen atoms in total. The van der Waals surface area contributed by atoms with Gasteiger partial charge in [0.25, 0.3) is 5.91 Å². The summed E-state index contributed by atoms with van der Waals surface area (Å²) >= 11 is 0. The van der Waals surface area contributed by atoms with Crippen LogP contribution in [-0.2, 0) is 9.53 Å². The number of benzene rings is 1. The molecule has 0 bridgehead atoms. The number of piperidine rings is 1. The summed E-state index contributed by atoms with van der Waals surface area (Å²) in [5.74, 6) is 0.171. The number of aromatic nitrogens is 1. The number of carbonyl (C=O) groups is 2. The van der Waals surface area contributed by atoms with Crippen LogP contribution in [-0.4, -0.2) is 54.5 Å². The van der Waals surface area contributed by atoms with E-state index in [0.717, 1.165) is 36.6 Å². The molecule has 0 unspecified atom stereocenters. The van der Waals surface area contributed by atoms with E-state index in [9.17, 15) is 9.59 Å². The Bertz CT molecular complexity index is 846. The standard InChI is InChI=1S/C21H27N3O3/c1-27-12-11-24-18-3-2-8-21(18,9-6-19(24)25)14-23-20(26)16-5-4-15-7-10-22-17(15)13-16/h4-5,7,10,13,18,22H,2-3,6,8-9,11-12,14H2,1H3,(H,23,26)/t18-,21+/m1/s1. The number of amides is 2. The number of likely N-dealkylation sites (tertiary alicyclic amines) is 1. The highest BCUT2D eigenvalue weighted by Crippen LogP contribution is 2.47. The Hall–Kier alpha value is -2.34. The summed E-state index contributed by atoms with van der Waals surface area (Å²) in [6.45, 7) is 1.82. The third kappa shape index (κ3) is 3.34. The zero-order chi connectivity index (χ0) is 18.9. The van der Waals surface area contributed by atoms with Crippen molar-refractivity contribution in [3.63, 3.8) is 0 Å². The normalized spacial score (nSPS) is 25.0. The fourth-order valence-corrected chi connectivity index (χ4v) is 4.88. The van der Waals surface area contributed by atoms with E-state index in [-0.39, 0.29) is 23.3 Å². The number of hydrogen-bond acceptors (Lipinski definition) is 3. The largest absolute Gasteiger partial charge is 0.383 e. The number of H-pyrrole nitrogens is 1. The van der Waals surface area contributed by atoms with Crippen molar-refractivity contribution < 1.29 is 14.3 Å². The summed E-state index contributed by atoms with van der Waals surface area (Å²) in [4.78, 5) is 30.3. The minimum Gasteiger partial charge on any atom is -0.383 e. The van der Waals surface area contributed by atoms with Crippen LogP contribution in [0, 0.1) is 5.41 Å². The van der Waals surface area contributed by atoms with Crippen LogP contribution >= 0.6 is 0 Å². The van der Waals surface area contributed by atoms with Crippen LogP contribution in [0.3, 0.4) is 0 Å². The number of nitrogens with one attached hydrogen (secondary N) is 2. The highest BCUT2D eigenvalue weighted by Gasteiger charge is 2.50. The van der Waals surface area contributed by atoms with Gasteiger partial charge in [-0.15, -0.1) is 0 Å². The zero-order valence-electron chi connectivity index (χ0n) is 15.8. The first-order chi connectivity index (χ1) is 13.1. The molecule has 2 atom stereocenters. The van der Waals surface area contributed by atoms with E-state index in [2.05, 4.69) is 10.3 Å². The molecule has 1 saturated carbocycles. The van der Waals surface area contributed by atoms with Crippen molar-refractivity contribution in [1.29, 1.82) is 0 Å². The first-order valence-electron chi connectivity index (χ1n) is 9.77. The molecular formula is C21H27N3O3. The van der Waals surface area contributed by atoms with Gasteiger partial charge in [0.15, 0.2) is 0 Å². The lowest BCUT2D eigenvalue weighted by Gasteiger charge is -2.46. The predicted octanol–water partition coefficient (Wildman–Crippen LogP) is 2.71. The SMILES string of the molecule is COCCN1C(=O)CC[C@]2(CNC(=O)c3ccc4cc[nH]c4c3)CCC[C@@H]12. The van der Waals surface area contributed by atoms with Gasteiger partial charge in [-0.05, 0) is 42.8 Å². The van der Waals surface area contributed by atoms with E-state index in [0.29, 0.717) is 31.7 Å². The Morgan fingerprint density at radius 3 is 3.11 bits per heavy atom. The van der Waals surface area contributed by atoms with Gasteiger partial charge in [-0.25, -0.2) is 0 Å². The second-order valence-electron chi connectivity index (χ2n) is 7.81. The van der Waals surface area contributed by atoms with Gasteiger partial charge >= 0.3 is 0 Å². The van der Waals surface area contributed by atoms with Gasteiger partial charge in [-0.2, -0.15) is 0 Å². The monoisotopic (exact) mass is 369 g/mol. The minimum atomic E-state index is -0.0492. The molecule has 2 fully saturated rings. The lowest BCUT2D eigenvalue weighted by atomic mass is 9.74. The maximum absolute atomic E-state index is 12.7. The summed E-state index contributed by atoms with van der Waals surface area (Å²) in [5.41, 5.74) is 1.63. The number of hydrogen-bond donors (Lipinski definition) is 2. The predicted molar refractivity (Wildman–Crippen MR) is 104 cm³/mol. The van der Waals surface area contributed by atoms with Gasteiger partial charge in [0.05, 0.1) is 6.61 Å². The third-order valence-corrected chi connectivity index (χ3v) is 6.35. The number of aromatic amines is 1. The molecule has 1 aromatic carbocycles. The van der Waals surface area contributed by atoms with E-state index < -0.39 is 0 Å². The van der Waals surface area contributed by atoms with E-state index in [1.54, 1.807) is 7.11 Å². The van der Waals surface area contributed by atoms with Crippen molar-refractivity contribution in [1.82, 2.24) is 15.2 Å². The van der Waals surface area contributed by atoms with Gasteiger partial charge in [-0.1, -0.05) is 12.5 Å². The average molecular weight is 369 g/mol. The molecule has 1 aromatic heterocycles. The first kappa shape index (κ1) is 18.0. The van der Waals surface area contributed by atoms with Crippen LogP contribution in [0.4, 0.5) is 0 Å². The molecule has 1 aliphatic heterocycles. The number of ether oxygens (including phenoxy) is 1. The molecule has 0 spiro atoms. The lowest BCUT2D eigenvalue weighted by Crippen LogP contribution is -2.56. The van der Waals surface area contributed by atoms with Crippen molar-refractivity contribution in [2.45, 2.75) is 38.1 Å². The molecular weight excluding hydrogens is 342 g/mol. The smallest absolute Gasteiger partial charge is 0.251 e. The lowest BCUT2D eigenvalue weighted by molar-refractivity contribution is -0.142. The Labute approximate surface area is 159 Å². The summed E-state index contributed by atoms with van der Waals surface area (Å²) < 4.78 is 5.19. The highest BCUT2D eigenvalue weighted by molar-refractivity contribution is 5.97. The minimum absolute atomic E-state index is 0.00611. The Balaban J connectivity index is 1.47. The molecule has 1 saturated heterocycles. The molecule has 0 radical (unpaired) electrons. The molecule has 2 heterocycles. The molecule has 2 N–H and O–H groups in total. The van der Waals surface area contributed by atoms with Crippen molar-refractivity contribution in [2.75, 3.05) is 26.8 Å². The van der Waals surface area contributed by atoms with Gasteiger partial charge < -0.3 is 19.9 Å². The van der Waals surface area contributed by atoms with Gasteiger partial charge in [0.2, 0.25) is 5.91 Å². The summed E-state index contributed by atoms with van der Waals surface area (Å²) in [5, 5.41) is 4.25. The zero-order valence-corrected chi connectivity index (χ0v) is 15.8.